The highest BCUT2D eigenvalue weighted by Gasteiger charge is 2.31. The standard InChI is InChI=1S/C15H19FN2O4.ClH/c16-11-3-1-4-12(9-11)22-8-6-17-14(19)10-18-7-2-5-13(18)15(20)21;/h1,3-4,9,13H,2,5-8,10H2,(H,17,19)(H,20,21);1H. The van der Waals surface area contributed by atoms with E-state index in [-0.39, 0.29) is 43.8 Å². The van der Waals surface area contributed by atoms with E-state index in [0.717, 1.165) is 6.42 Å². The van der Waals surface area contributed by atoms with Crippen LogP contribution in [0.3, 0.4) is 0 Å². The van der Waals surface area contributed by atoms with Gasteiger partial charge in [-0.15, -0.1) is 12.4 Å². The lowest BCUT2D eigenvalue weighted by molar-refractivity contribution is -0.142. The maximum absolute atomic E-state index is 12.9. The minimum Gasteiger partial charge on any atom is -0.492 e. The maximum Gasteiger partial charge on any atom is 0.320 e. The molecule has 0 radical (unpaired) electrons. The highest BCUT2D eigenvalue weighted by Crippen LogP contribution is 2.16. The molecule has 1 aliphatic rings. The molecular formula is C15H20ClFN2O4. The molecule has 1 amide bonds. The predicted molar refractivity (Wildman–Crippen MR) is 84.4 cm³/mol. The van der Waals surface area contributed by atoms with Crippen LogP contribution in [0, 0.1) is 5.82 Å². The summed E-state index contributed by atoms with van der Waals surface area (Å²) in [4.78, 5) is 24.4. The normalized spacial score (nSPS) is 17.3. The first-order chi connectivity index (χ1) is 10.6. The third-order valence-electron chi connectivity index (χ3n) is 3.48. The lowest BCUT2D eigenvalue weighted by Gasteiger charge is -2.20. The molecule has 0 bridgehead atoms. The summed E-state index contributed by atoms with van der Waals surface area (Å²) in [5.74, 6) is -1.11. The molecule has 2 N–H and O–H groups in total. The van der Waals surface area contributed by atoms with Crippen LogP contribution >= 0.6 is 12.4 Å². The van der Waals surface area contributed by atoms with Gasteiger partial charge >= 0.3 is 5.97 Å². The van der Waals surface area contributed by atoms with Gasteiger partial charge in [0.15, 0.2) is 0 Å². The Morgan fingerprint density at radius 3 is 2.91 bits per heavy atom. The van der Waals surface area contributed by atoms with Crippen LogP contribution in [-0.4, -0.2) is 54.2 Å². The fraction of sp³-hybridized carbons (Fsp3) is 0.467. The second-order valence-electron chi connectivity index (χ2n) is 5.12. The van der Waals surface area contributed by atoms with Gasteiger partial charge < -0.3 is 15.2 Å². The molecule has 1 heterocycles. The highest BCUT2D eigenvalue weighted by atomic mass is 35.5. The summed E-state index contributed by atoms with van der Waals surface area (Å²) in [5.41, 5.74) is 0. The molecule has 1 saturated heterocycles. The number of carbonyl (C=O) groups is 2. The van der Waals surface area contributed by atoms with E-state index < -0.39 is 12.0 Å². The minimum atomic E-state index is -0.889. The molecule has 0 aromatic heterocycles. The molecule has 1 fully saturated rings. The summed E-state index contributed by atoms with van der Waals surface area (Å²) in [5, 5.41) is 11.7. The first-order valence-corrected chi connectivity index (χ1v) is 7.18. The quantitative estimate of drug-likeness (QED) is 0.727. The molecule has 1 aromatic rings. The van der Waals surface area contributed by atoms with Crippen LogP contribution in [0.1, 0.15) is 12.8 Å². The minimum absolute atomic E-state index is 0. The molecule has 1 unspecified atom stereocenters. The SMILES string of the molecule is Cl.O=C(CN1CCCC1C(=O)O)NCCOc1cccc(F)c1. The third-order valence-corrected chi connectivity index (χ3v) is 3.48. The molecule has 0 aliphatic carbocycles. The van der Waals surface area contributed by atoms with Crippen molar-refractivity contribution >= 4 is 24.3 Å². The number of carbonyl (C=O) groups excluding carboxylic acids is 1. The van der Waals surface area contributed by atoms with Gasteiger partial charge in [0.25, 0.3) is 0 Å². The van der Waals surface area contributed by atoms with E-state index in [1.54, 1.807) is 17.0 Å². The van der Waals surface area contributed by atoms with E-state index in [0.29, 0.717) is 18.7 Å². The number of aliphatic carboxylic acids is 1. The van der Waals surface area contributed by atoms with Crippen molar-refractivity contribution < 1.29 is 23.8 Å². The Morgan fingerprint density at radius 2 is 2.22 bits per heavy atom. The number of carboxylic acid groups (broad SMARTS) is 1. The molecule has 128 valence electrons. The first kappa shape index (κ1) is 19.2. The van der Waals surface area contributed by atoms with Crippen LogP contribution in [0.2, 0.25) is 0 Å². The number of carboxylic acids is 1. The monoisotopic (exact) mass is 346 g/mol. The van der Waals surface area contributed by atoms with E-state index in [9.17, 15) is 14.0 Å². The van der Waals surface area contributed by atoms with Gasteiger partial charge in [-0.3, -0.25) is 14.5 Å². The molecule has 23 heavy (non-hydrogen) atoms. The van der Waals surface area contributed by atoms with E-state index in [1.165, 1.54) is 12.1 Å². The van der Waals surface area contributed by atoms with Crippen LogP contribution in [0.25, 0.3) is 0 Å². The topological polar surface area (TPSA) is 78.9 Å². The molecule has 8 heteroatoms. The number of benzene rings is 1. The summed E-state index contributed by atoms with van der Waals surface area (Å²) in [6.07, 6.45) is 1.36. The van der Waals surface area contributed by atoms with Crippen molar-refractivity contribution in [3.63, 3.8) is 0 Å². The fourth-order valence-corrected chi connectivity index (χ4v) is 2.45. The van der Waals surface area contributed by atoms with Crippen LogP contribution < -0.4 is 10.1 Å². The summed E-state index contributed by atoms with van der Waals surface area (Å²) >= 11 is 0. The molecule has 2 rings (SSSR count). The van der Waals surface area contributed by atoms with Crippen molar-refractivity contribution in [1.29, 1.82) is 0 Å². The molecule has 6 nitrogen and oxygen atoms in total. The predicted octanol–water partition coefficient (Wildman–Crippen LogP) is 1.29. The van der Waals surface area contributed by atoms with Crippen LogP contribution in [-0.2, 0) is 9.59 Å². The van der Waals surface area contributed by atoms with Gasteiger partial charge in [-0.05, 0) is 31.5 Å². The smallest absolute Gasteiger partial charge is 0.320 e. The third kappa shape index (κ3) is 6.03. The molecule has 0 saturated carbocycles. The lowest BCUT2D eigenvalue weighted by Crippen LogP contribution is -2.43. The Morgan fingerprint density at radius 1 is 1.43 bits per heavy atom. The van der Waals surface area contributed by atoms with E-state index in [2.05, 4.69) is 5.32 Å². The van der Waals surface area contributed by atoms with E-state index in [4.69, 9.17) is 9.84 Å². The van der Waals surface area contributed by atoms with Gasteiger partial charge in [0.2, 0.25) is 5.91 Å². The van der Waals surface area contributed by atoms with Gasteiger partial charge in [0, 0.05) is 6.07 Å². The molecule has 1 aliphatic heterocycles. The maximum atomic E-state index is 12.9. The number of halogens is 2. The number of rotatable bonds is 7. The second kappa shape index (κ2) is 9.32. The van der Waals surface area contributed by atoms with Crippen LogP contribution in [0.5, 0.6) is 5.75 Å². The summed E-state index contributed by atoms with van der Waals surface area (Å²) < 4.78 is 18.2. The highest BCUT2D eigenvalue weighted by molar-refractivity contribution is 5.85. The van der Waals surface area contributed by atoms with Crippen LogP contribution in [0.4, 0.5) is 4.39 Å². The van der Waals surface area contributed by atoms with Crippen molar-refractivity contribution in [2.45, 2.75) is 18.9 Å². The molecule has 0 spiro atoms. The summed E-state index contributed by atoms with van der Waals surface area (Å²) in [6.45, 7) is 1.18. The zero-order valence-corrected chi connectivity index (χ0v) is 13.4. The van der Waals surface area contributed by atoms with Gasteiger partial charge in [0.1, 0.15) is 24.2 Å². The Labute approximate surface area is 140 Å². The summed E-state index contributed by atoms with van der Waals surface area (Å²) in [6, 6.07) is 5.19. The first-order valence-electron chi connectivity index (χ1n) is 7.18. The van der Waals surface area contributed by atoms with Crippen molar-refractivity contribution in [2.75, 3.05) is 26.2 Å². The largest absolute Gasteiger partial charge is 0.492 e. The zero-order valence-electron chi connectivity index (χ0n) is 12.5. The molecular weight excluding hydrogens is 327 g/mol. The second-order valence-corrected chi connectivity index (χ2v) is 5.12. The lowest BCUT2D eigenvalue weighted by atomic mass is 10.2. The van der Waals surface area contributed by atoms with E-state index in [1.807, 2.05) is 0 Å². The Hall–Kier alpha value is -1.86. The van der Waals surface area contributed by atoms with Crippen molar-refractivity contribution in [3.8, 4) is 5.75 Å². The van der Waals surface area contributed by atoms with Gasteiger partial charge in [-0.1, -0.05) is 6.07 Å². The fourth-order valence-electron chi connectivity index (χ4n) is 2.45. The average molecular weight is 347 g/mol. The number of nitrogens with zero attached hydrogens (tertiary/aromatic N) is 1. The number of ether oxygens (including phenoxy) is 1. The van der Waals surface area contributed by atoms with Gasteiger partial charge in [-0.2, -0.15) is 0 Å². The van der Waals surface area contributed by atoms with Gasteiger partial charge in [0.05, 0.1) is 13.1 Å². The number of amides is 1. The zero-order chi connectivity index (χ0) is 15.9. The van der Waals surface area contributed by atoms with Crippen molar-refractivity contribution in [2.24, 2.45) is 0 Å². The van der Waals surface area contributed by atoms with Crippen LogP contribution in [0.15, 0.2) is 24.3 Å². The Bertz CT molecular complexity index is 544. The summed E-state index contributed by atoms with van der Waals surface area (Å²) in [7, 11) is 0. The number of hydrogen-bond donors (Lipinski definition) is 2. The Kier molecular flexibility index (Phi) is 7.77. The number of likely N-dealkylation sites (tertiary alicyclic amines) is 1. The Balaban J connectivity index is 0.00000264. The van der Waals surface area contributed by atoms with Crippen molar-refractivity contribution in [3.05, 3.63) is 30.1 Å². The average Bonchev–Trinajstić information content (AvgIpc) is 2.92. The number of hydrogen-bond acceptors (Lipinski definition) is 4. The van der Waals surface area contributed by atoms with Crippen molar-refractivity contribution in [1.82, 2.24) is 10.2 Å². The number of nitrogens with one attached hydrogen (secondary N) is 1. The molecule has 1 atom stereocenters. The van der Waals surface area contributed by atoms with Gasteiger partial charge in [-0.25, -0.2) is 4.39 Å². The van der Waals surface area contributed by atoms with E-state index >= 15 is 0 Å². The molecule has 1 aromatic carbocycles.